The Hall–Kier alpha value is -3.08. The highest BCUT2D eigenvalue weighted by Crippen LogP contribution is 2.20. The lowest BCUT2D eigenvalue weighted by molar-refractivity contribution is -0.144. The number of rotatable bonds is 7. The minimum absolute atomic E-state index is 0.171. The zero-order valence-corrected chi connectivity index (χ0v) is 14.7. The first-order valence-corrected chi connectivity index (χ1v) is 8.43. The predicted molar refractivity (Wildman–Crippen MR) is 97.5 cm³/mol. The maximum absolute atomic E-state index is 12.1. The summed E-state index contributed by atoms with van der Waals surface area (Å²) in [5, 5.41) is 0.829. The molecule has 0 saturated carbocycles. The Kier molecular flexibility index (Phi) is 5.37. The zero-order chi connectivity index (χ0) is 18.5. The summed E-state index contributed by atoms with van der Waals surface area (Å²) < 4.78 is 15.8. The van der Waals surface area contributed by atoms with E-state index in [4.69, 9.17) is 13.9 Å². The van der Waals surface area contributed by atoms with E-state index < -0.39 is 11.8 Å². The molecule has 1 aromatic heterocycles. The molecular weight excluding hydrogens is 332 g/mol. The molecule has 0 N–H and O–H groups in total. The van der Waals surface area contributed by atoms with Crippen LogP contribution < -0.4 is 4.74 Å². The van der Waals surface area contributed by atoms with E-state index in [2.05, 4.69) is 13.8 Å². The smallest absolute Gasteiger partial charge is 0.344 e. The van der Waals surface area contributed by atoms with Crippen LogP contribution in [0.1, 0.15) is 35.9 Å². The number of esters is 1. The van der Waals surface area contributed by atoms with Crippen molar-refractivity contribution in [1.82, 2.24) is 0 Å². The van der Waals surface area contributed by atoms with Gasteiger partial charge in [-0.25, -0.2) is 4.79 Å². The van der Waals surface area contributed by atoms with Crippen LogP contribution >= 0.6 is 0 Å². The normalized spacial score (nSPS) is 10.9. The summed E-state index contributed by atoms with van der Waals surface area (Å²) >= 11 is 0. The van der Waals surface area contributed by atoms with Gasteiger partial charge in [-0.15, -0.1) is 0 Å². The summed E-state index contributed by atoms with van der Waals surface area (Å²) in [5.41, 5.74) is 1.81. The highest BCUT2D eigenvalue weighted by molar-refractivity contribution is 5.99. The first kappa shape index (κ1) is 17.7. The molecule has 0 bridgehead atoms. The van der Waals surface area contributed by atoms with Gasteiger partial charge in [-0.05, 0) is 35.7 Å². The number of furan rings is 1. The Morgan fingerprint density at radius 3 is 2.42 bits per heavy atom. The fourth-order valence-corrected chi connectivity index (χ4v) is 2.47. The lowest BCUT2D eigenvalue weighted by atomic mass is 10.0. The number of benzene rings is 2. The molecule has 0 aliphatic carbocycles. The number of Topliss-reactive ketones (excluding diaryl/α,β-unsaturated/α-hetero) is 1. The molecule has 2 aromatic carbocycles. The van der Waals surface area contributed by atoms with Gasteiger partial charge in [0.25, 0.3) is 0 Å². The van der Waals surface area contributed by atoms with Crippen LogP contribution in [0.3, 0.4) is 0 Å². The fourth-order valence-electron chi connectivity index (χ4n) is 2.47. The Bertz CT molecular complexity index is 873. The molecule has 0 aliphatic rings. The van der Waals surface area contributed by atoms with E-state index in [0.717, 1.165) is 5.39 Å². The maximum Gasteiger partial charge on any atom is 0.344 e. The van der Waals surface area contributed by atoms with Gasteiger partial charge in [0.2, 0.25) is 5.78 Å². The first-order valence-electron chi connectivity index (χ1n) is 8.43. The number of hydrogen-bond acceptors (Lipinski definition) is 5. The summed E-state index contributed by atoms with van der Waals surface area (Å²) in [4.78, 5) is 23.9. The van der Waals surface area contributed by atoms with Crippen LogP contribution in [0.4, 0.5) is 0 Å². The van der Waals surface area contributed by atoms with Gasteiger partial charge in [0.15, 0.2) is 19.0 Å². The molecule has 0 radical (unpaired) electrons. The second-order valence-corrected chi connectivity index (χ2v) is 6.24. The van der Waals surface area contributed by atoms with Crippen molar-refractivity contribution in [2.45, 2.75) is 19.8 Å². The van der Waals surface area contributed by atoms with Gasteiger partial charge >= 0.3 is 5.97 Å². The maximum atomic E-state index is 12.1. The second-order valence-electron chi connectivity index (χ2n) is 6.24. The van der Waals surface area contributed by atoms with Crippen molar-refractivity contribution >= 4 is 22.7 Å². The van der Waals surface area contributed by atoms with Crippen LogP contribution in [0.15, 0.2) is 59.0 Å². The highest BCUT2D eigenvalue weighted by atomic mass is 16.6. The van der Waals surface area contributed by atoms with Crippen molar-refractivity contribution in [3.63, 3.8) is 0 Å². The predicted octanol–water partition coefficient (Wildman–Crippen LogP) is 4.36. The number of ether oxygens (including phenoxy) is 2. The van der Waals surface area contributed by atoms with Gasteiger partial charge in [0.1, 0.15) is 11.3 Å². The van der Waals surface area contributed by atoms with Crippen LogP contribution in [-0.2, 0) is 9.53 Å². The molecule has 5 nitrogen and oxygen atoms in total. The van der Waals surface area contributed by atoms with Gasteiger partial charge in [-0.1, -0.05) is 44.2 Å². The molecule has 0 atom stereocenters. The van der Waals surface area contributed by atoms with Crippen molar-refractivity contribution < 1.29 is 23.5 Å². The molecule has 134 valence electrons. The molecule has 3 aromatic rings. The molecule has 0 saturated heterocycles. The number of fused-ring (bicyclic) bond motifs is 1. The minimum atomic E-state index is -0.609. The lowest BCUT2D eigenvalue weighted by Gasteiger charge is -2.08. The molecule has 1 heterocycles. The summed E-state index contributed by atoms with van der Waals surface area (Å²) in [6.07, 6.45) is 0. The van der Waals surface area contributed by atoms with Gasteiger partial charge in [0, 0.05) is 5.39 Å². The number of carbonyl (C=O) groups excluding carboxylic acids is 2. The topological polar surface area (TPSA) is 65.7 Å². The highest BCUT2D eigenvalue weighted by Gasteiger charge is 2.15. The summed E-state index contributed by atoms with van der Waals surface area (Å²) in [5.74, 6) is 0.177. The third kappa shape index (κ3) is 4.30. The van der Waals surface area contributed by atoms with Crippen LogP contribution in [0.25, 0.3) is 11.0 Å². The Balaban J connectivity index is 1.48. The summed E-state index contributed by atoms with van der Waals surface area (Å²) in [7, 11) is 0. The first-order chi connectivity index (χ1) is 12.5. The van der Waals surface area contributed by atoms with Gasteiger partial charge in [-0.2, -0.15) is 0 Å². The average molecular weight is 352 g/mol. The molecule has 0 spiro atoms. The Morgan fingerprint density at radius 1 is 1.00 bits per heavy atom. The largest absolute Gasteiger partial charge is 0.482 e. The van der Waals surface area contributed by atoms with E-state index in [1.54, 1.807) is 12.1 Å². The summed E-state index contributed by atoms with van der Waals surface area (Å²) in [6.45, 7) is 3.57. The van der Waals surface area contributed by atoms with E-state index >= 15 is 0 Å². The second kappa shape index (κ2) is 7.87. The SMILES string of the molecule is CC(C)c1ccc(OCC(=O)OCC(=O)c2cc3ccccc3o2)cc1. The van der Waals surface area contributed by atoms with E-state index in [9.17, 15) is 9.59 Å². The molecule has 0 amide bonds. The van der Waals surface area contributed by atoms with Crippen molar-refractivity contribution in [3.8, 4) is 5.75 Å². The minimum Gasteiger partial charge on any atom is -0.482 e. The van der Waals surface area contributed by atoms with E-state index in [0.29, 0.717) is 17.3 Å². The average Bonchev–Trinajstić information content (AvgIpc) is 3.09. The third-order valence-corrected chi connectivity index (χ3v) is 3.97. The van der Waals surface area contributed by atoms with Crippen molar-refractivity contribution in [2.75, 3.05) is 13.2 Å². The van der Waals surface area contributed by atoms with Crippen LogP contribution in [0, 0.1) is 0 Å². The quantitative estimate of drug-likeness (QED) is 0.467. The van der Waals surface area contributed by atoms with Crippen molar-refractivity contribution in [3.05, 3.63) is 65.9 Å². The molecule has 0 aliphatic heterocycles. The third-order valence-electron chi connectivity index (χ3n) is 3.97. The van der Waals surface area contributed by atoms with Crippen LogP contribution in [0.5, 0.6) is 5.75 Å². The Morgan fingerprint density at radius 2 is 1.73 bits per heavy atom. The number of ketones is 1. The van der Waals surface area contributed by atoms with Crippen molar-refractivity contribution in [1.29, 1.82) is 0 Å². The van der Waals surface area contributed by atoms with E-state index in [1.165, 1.54) is 5.56 Å². The molecule has 5 heteroatoms. The van der Waals surface area contributed by atoms with Crippen LogP contribution in [-0.4, -0.2) is 25.0 Å². The Labute approximate surface area is 151 Å². The standard InChI is InChI=1S/C21H20O5/c1-14(2)15-7-9-17(10-8-15)24-13-21(23)25-12-18(22)20-11-16-5-3-4-6-19(16)26-20/h3-11,14H,12-13H2,1-2H3. The zero-order valence-electron chi connectivity index (χ0n) is 14.7. The number of hydrogen-bond donors (Lipinski definition) is 0. The van der Waals surface area contributed by atoms with Gasteiger partial charge < -0.3 is 13.9 Å². The summed E-state index contributed by atoms with van der Waals surface area (Å²) in [6, 6.07) is 16.5. The number of para-hydroxylation sites is 1. The fraction of sp³-hybridized carbons (Fsp3) is 0.238. The monoisotopic (exact) mass is 352 g/mol. The van der Waals surface area contributed by atoms with E-state index in [1.807, 2.05) is 42.5 Å². The van der Waals surface area contributed by atoms with Crippen molar-refractivity contribution in [2.24, 2.45) is 0 Å². The molecule has 0 unspecified atom stereocenters. The molecule has 26 heavy (non-hydrogen) atoms. The van der Waals surface area contributed by atoms with Crippen LogP contribution in [0.2, 0.25) is 0 Å². The molecular formula is C21H20O5. The lowest BCUT2D eigenvalue weighted by Crippen LogP contribution is -2.19. The van der Waals surface area contributed by atoms with Gasteiger partial charge in [-0.3, -0.25) is 4.79 Å². The molecule has 3 rings (SSSR count). The van der Waals surface area contributed by atoms with E-state index in [-0.39, 0.29) is 19.0 Å². The van der Waals surface area contributed by atoms with Gasteiger partial charge in [0.05, 0.1) is 0 Å². The molecule has 0 fully saturated rings. The number of carbonyl (C=O) groups is 2.